The van der Waals surface area contributed by atoms with Crippen LogP contribution in [0.5, 0.6) is 0 Å². The van der Waals surface area contributed by atoms with Gasteiger partial charge in [0.1, 0.15) is 11.6 Å². The summed E-state index contributed by atoms with van der Waals surface area (Å²) in [7, 11) is 0. The number of amides is 1. The number of carboxylic acid groups (broad SMARTS) is 1. The van der Waals surface area contributed by atoms with Crippen LogP contribution >= 0.6 is 0 Å². The Kier molecular flexibility index (Phi) is 6.33. The number of aromatic nitrogens is 3. The summed E-state index contributed by atoms with van der Waals surface area (Å²) in [6.45, 7) is 1.96. The van der Waals surface area contributed by atoms with Crippen LogP contribution in [0.25, 0.3) is 10.9 Å². The highest BCUT2D eigenvalue weighted by Gasteiger charge is 2.26. The lowest BCUT2D eigenvalue weighted by atomic mass is 10.0. The standard InChI is InChI=1S/C21H22N4O4/c1-2-3-13-17(25-20(27)15-11-7-8-12-16(15)23-24-25)19(26)22-18(21(28)29)14-9-5-4-6-10-14/h4-12,17-18H,2-3,13H2,1H3,(H,22,26)(H,28,29)/p-1/t17-,18-/m0/s1. The summed E-state index contributed by atoms with van der Waals surface area (Å²) >= 11 is 0. The maximum absolute atomic E-state index is 13.0. The zero-order valence-electron chi connectivity index (χ0n) is 15.9. The third-order valence-electron chi connectivity index (χ3n) is 4.68. The number of aliphatic carboxylic acids is 1. The quantitative estimate of drug-likeness (QED) is 0.613. The largest absolute Gasteiger partial charge is 0.548 e. The van der Waals surface area contributed by atoms with E-state index in [1.54, 1.807) is 54.6 Å². The number of nitrogens with zero attached hydrogens (tertiary/aromatic N) is 3. The van der Waals surface area contributed by atoms with E-state index in [2.05, 4.69) is 15.6 Å². The highest BCUT2D eigenvalue weighted by Crippen LogP contribution is 2.18. The molecule has 8 heteroatoms. The molecule has 3 rings (SSSR count). The molecule has 0 saturated carbocycles. The molecule has 0 aliphatic carbocycles. The van der Waals surface area contributed by atoms with Crippen molar-refractivity contribution >= 4 is 22.8 Å². The lowest BCUT2D eigenvalue weighted by Gasteiger charge is -2.24. The molecule has 1 heterocycles. The van der Waals surface area contributed by atoms with Gasteiger partial charge in [-0.1, -0.05) is 67.4 Å². The molecule has 0 saturated heterocycles. The van der Waals surface area contributed by atoms with E-state index in [4.69, 9.17) is 0 Å². The molecule has 1 amide bonds. The van der Waals surface area contributed by atoms with Crippen LogP contribution in [0.3, 0.4) is 0 Å². The van der Waals surface area contributed by atoms with Gasteiger partial charge in [-0.05, 0) is 24.1 Å². The van der Waals surface area contributed by atoms with Crippen molar-refractivity contribution in [3.8, 4) is 0 Å². The van der Waals surface area contributed by atoms with Gasteiger partial charge in [0.25, 0.3) is 5.56 Å². The molecule has 2 aromatic carbocycles. The highest BCUT2D eigenvalue weighted by atomic mass is 16.4. The van der Waals surface area contributed by atoms with Crippen LogP contribution in [0, 0.1) is 0 Å². The third-order valence-corrected chi connectivity index (χ3v) is 4.68. The Balaban J connectivity index is 1.96. The SMILES string of the molecule is CCCC[C@@H](C(=O)N[C@H](C(=O)[O-])c1ccccc1)n1nnc2ccccc2c1=O. The molecule has 0 unspecified atom stereocenters. The van der Waals surface area contributed by atoms with E-state index in [9.17, 15) is 19.5 Å². The number of carbonyl (C=O) groups excluding carboxylic acids is 2. The molecule has 8 nitrogen and oxygen atoms in total. The number of carbonyl (C=O) groups is 2. The van der Waals surface area contributed by atoms with Gasteiger partial charge in [-0.25, -0.2) is 0 Å². The van der Waals surface area contributed by atoms with Gasteiger partial charge in [0.15, 0.2) is 0 Å². The number of benzene rings is 2. The van der Waals surface area contributed by atoms with Crippen molar-refractivity contribution in [3.05, 3.63) is 70.5 Å². The Hall–Kier alpha value is -3.55. The second-order valence-corrected chi connectivity index (χ2v) is 6.69. The molecule has 1 aromatic heterocycles. The summed E-state index contributed by atoms with van der Waals surface area (Å²) in [6, 6.07) is 12.7. The van der Waals surface area contributed by atoms with Gasteiger partial charge >= 0.3 is 0 Å². The number of carboxylic acids is 1. The summed E-state index contributed by atoms with van der Waals surface area (Å²) in [4.78, 5) is 37.5. The Morgan fingerprint density at radius 2 is 1.79 bits per heavy atom. The zero-order valence-corrected chi connectivity index (χ0v) is 15.9. The van der Waals surface area contributed by atoms with E-state index in [1.165, 1.54) is 0 Å². The van der Waals surface area contributed by atoms with Gasteiger partial charge in [0.05, 0.1) is 17.4 Å². The fraction of sp³-hybridized carbons (Fsp3) is 0.286. The first-order valence-electron chi connectivity index (χ1n) is 9.43. The average molecular weight is 393 g/mol. The van der Waals surface area contributed by atoms with Crippen molar-refractivity contribution in [1.29, 1.82) is 0 Å². The van der Waals surface area contributed by atoms with E-state index in [1.807, 2.05) is 6.92 Å². The van der Waals surface area contributed by atoms with E-state index in [-0.39, 0.29) is 0 Å². The number of unbranched alkanes of at least 4 members (excludes halogenated alkanes) is 1. The Morgan fingerprint density at radius 1 is 1.10 bits per heavy atom. The van der Waals surface area contributed by atoms with Crippen LogP contribution < -0.4 is 16.0 Å². The Bertz CT molecular complexity index is 1060. The molecule has 2 atom stereocenters. The molecule has 0 bridgehead atoms. The number of nitrogens with one attached hydrogen (secondary N) is 1. The maximum Gasteiger partial charge on any atom is 0.278 e. The van der Waals surface area contributed by atoms with Crippen LogP contribution in [0.4, 0.5) is 0 Å². The van der Waals surface area contributed by atoms with Gasteiger partial charge in [-0.15, -0.1) is 5.10 Å². The van der Waals surface area contributed by atoms with E-state index in [0.29, 0.717) is 29.3 Å². The predicted molar refractivity (Wildman–Crippen MR) is 105 cm³/mol. The number of hydrogen-bond acceptors (Lipinski definition) is 6. The van der Waals surface area contributed by atoms with Crippen molar-refractivity contribution in [2.45, 2.75) is 38.3 Å². The van der Waals surface area contributed by atoms with Gasteiger partial charge < -0.3 is 15.2 Å². The van der Waals surface area contributed by atoms with Crippen molar-refractivity contribution in [2.75, 3.05) is 0 Å². The molecular weight excluding hydrogens is 372 g/mol. The maximum atomic E-state index is 13.0. The number of fused-ring (bicyclic) bond motifs is 1. The number of rotatable bonds is 8. The molecular formula is C21H21N4O4-. The van der Waals surface area contributed by atoms with Gasteiger partial charge in [-0.3, -0.25) is 9.59 Å². The van der Waals surface area contributed by atoms with Crippen molar-refractivity contribution in [1.82, 2.24) is 20.3 Å². The van der Waals surface area contributed by atoms with Gasteiger partial charge in [0, 0.05) is 0 Å². The van der Waals surface area contributed by atoms with Crippen molar-refractivity contribution in [3.63, 3.8) is 0 Å². The minimum absolute atomic E-state index is 0.323. The molecule has 29 heavy (non-hydrogen) atoms. The fourth-order valence-electron chi connectivity index (χ4n) is 3.13. The monoisotopic (exact) mass is 393 g/mol. The highest BCUT2D eigenvalue weighted by molar-refractivity contribution is 5.86. The third kappa shape index (κ3) is 4.48. The second-order valence-electron chi connectivity index (χ2n) is 6.69. The molecule has 3 aromatic rings. The lowest BCUT2D eigenvalue weighted by molar-refractivity contribution is -0.308. The lowest BCUT2D eigenvalue weighted by Crippen LogP contribution is -2.45. The first kappa shape index (κ1) is 20.2. The summed E-state index contributed by atoms with van der Waals surface area (Å²) < 4.78 is 1.03. The number of hydrogen-bond donors (Lipinski definition) is 1. The molecule has 0 aliphatic rings. The molecule has 1 N–H and O–H groups in total. The average Bonchev–Trinajstić information content (AvgIpc) is 2.74. The molecule has 0 spiro atoms. The van der Waals surface area contributed by atoms with Crippen molar-refractivity contribution < 1.29 is 14.7 Å². The second kappa shape index (κ2) is 9.09. The summed E-state index contributed by atoms with van der Waals surface area (Å²) in [5.41, 5.74) is 0.365. The zero-order chi connectivity index (χ0) is 20.8. The van der Waals surface area contributed by atoms with Crippen LogP contribution in [0.1, 0.15) is 43.8 Å². The fourth-order valence-corrected chi connectivity index (χ4v) is 3.13. The minimum atomic E-state index is -1.43. The van der Waals surface area contributed by atoms with E-state index < -0.39 is 29.5 Å². The topological polar surface area (TPSA) is 117 Å². The Labute approximate surface area is 167 Å². The predicted octanol–water partition coefficient (Wildman–Crippen LogP) is 1.13. The Morgan fingerprint density at radius 3 is 2.48 bits per heavy atom. The van der Waals surface area contributed by atoms with E-state index >= 15 is 0 Å². The van der Waals surface area contributed by atoms with Crippen molar-refractivity contribution in [2.24, 2.45) is 0 Å². The summed E-state index contributed by atoms with van der Waals surface area (Å²) in [5, 5.41) is 22.4. The molecule has 0 fully saturated rings. The molecule has 150 valence electrons. The first-order valence-corrected chi connectivity index (χ1v) is 9.43. The minimum Gasteiger partial charge on any atom is -0.548 e. The van der Waals surface area contributed by atoms with Crippen LogP contribution in [-0.2, 0) is 9.59 Å². The summed E-state index contributed by atoms with van der Waals surface area (Å²) in [6.07, 6.45) is 1.77. The normalized spacial score (nSPS) is 13.0. The molecule has 0 aliphatic heterocycles. The molecule has 0 radical (unpaired) electrons. The van der Waals surface area contributed by atoms with Gasteiger partial charge in [-0.2, -0.15) is 4.68 Å². The van der Waals surface area contributed by atoms with Crippen LogP contribution in [-0.4, -0.2) is 26.9 Å². The van der Waals surface area contributed by atoms with E-state index in [0.717, 1.165) is 11.1 Å². The van der Waals surface area contributed by atoms with Crippen LogP contribution in [0.2, 0.25) is 0 Å². The first-order chi connectivity index (χ1) is 14.0. The van der Waals surface area contributed by atoms with Gasteiger partial charge in [0.2, 0.25) is 5.91 Å². The summed E-state index contributed by atoms with van der Waals surface area (Å²) in [5.74, 6) is -2.06. The smallest absolute Gasteiger partial charge is 0.278 e. The van der Waals surface area contributed by atoms with Crippen LogP contribution in [0.15, 0.2) is 59.4 Å².